The number of aromatic carboxylic acids is 1. The molecule has 0 radical (unpaired) electrons. The molecule has 88 valence electrons. The van der Waals surface area contributed by atoms with E-state index in [9.17, 15) is 4.79 Å². The fraction of sp³-hybridized carbons (Fsp3) is 0.545. The van der Waals surface area contributed by atoms with E-state index in [1.807, 2.05) is 20.8 Å². The van der Waals surface area contributed by atoms with Gasteiger partial charge in [-0.3, -0.25) is 0 Å². The Morgan fingerprint density at radius 1 is 1.38 bits per heavy atom. The van der Waals surface area contributed by atoms with E-state index in [-0.39, 0.29) is 17.8 Å². The van der Waals surface area contributed by atoms with Gasteiger partial charge >= 0.3 is 12.0 Å². The van der Waals surface area contributed by atoms with Gasteiger partial charge in [0.05, 0.1) is 0 Å². The lowest BCUT2D eigenvalue weighted by molar-refractivity contribution is 0.0686. The molecule has 0 saturated carbocycles. The minimum absolute atomic E-state index is 0.0431. The van der Waals surface area contributed by atoms with E-state index in [0.29, 0.717) is 11.6 Å². The standard InChI is InChI=1S/C11H16N2O3/c1-6(2)8(4)16-11-12-7(3)5-9(13-11)10(14)15/h5-6,8H,1-4H3,(H,14,15). The number of carboxylic acids is 1. The van der Waals surface area contributed by atoms with Gasteiger partial charge in [-0.1, -0.05) is 13.8 Å². The van der Waals surface area contributed by atoms with Gasteiger partial charge in [0, 0.05) is 5.69 Å². The second-order valence-corrected chi connectivity index (χ2v) is 4.05. The predicted octanol–water partition coefficient (Wildman–Crippen LogP) is 1.91. The maximum absolute atomic E-state index is 10.8. The highest BCUT2D eigenvalue weighted by Crippen LogP contribution is 2.12. The van der Waals surface area contributed by atoms with Crippen LogP contribution in [0.25, 0.3) is 0 Å². The summed E-state index contributed by atoms with van der Waals surface area (Å²) >= 11 is 0. The lowest BCUT2D eigenvalue weighted by Gasteiger charge is -2.16. The summed E-state index contributed by atoms with van der Waals surface area (Å²) in [5, 5.41) is 8.83. The number of aromatic nitrogens is 2. The maximum Gasteiger partial charge on any atom is 0.354 e. The number of carbonyl (C=O) groups is 1. The summed E-state index contributed by atoms with van der Waals surface area (Å²) in [5.74, 6) is -0.759. The van der Waals surface area contributed by atoms with Crippen LogP contribution in [0.15, 0.2) is 6.07 Å². The van der Waals surface area contributed by atoms with Crippen LogP contribution in [-0.2, 0) is 0 Å². The number of rotatable bonds is 4. The van der Waals surface area contributed by atoms with Gasteiger partial charge in [0.1, 0.15) is 6.10 Å². The van der Waals surface area contributed by atoms with Gasteiger partial charge in [-0.25, -0.2) is 9.78 Å². The first-order valence-electron chi connectivity index (χ1n) is 5.15. The number of hydrogen-bond acceptors (Lipinski definition) is 4. The van der Waals surface area contributed by atoms with Crippen LogP contribution in [0.1, 0.15) is 37.0 Å². The molecule has 0 aliphatic rings. The molecule has 0 spiro atoms. The van der Waals surface area contributed by atoms with Crippen LogP contribution in [0.3, 0.4) is 0 Å². The lowest BCUT2D eigenvalue weighted by Crippen LogP contribution is -2.20. The molecule has 0 fully saturated rings. The molecule has 0 saturated heterocycles. The van der Waals surface area contributed by atoms with Gasteiger partial charge < -0.3 is 9.84 Å². The minimum Gasteiger partial charge on any atom is -0.477 e. The minimum atomic E-state index is -1.08. The van der Waals surface area contributed by atoms with Crippen molar-refractivity contribution in [2.24, 2.45) is 5.92 Å². The molecule has 1 atom stereocenters. The SMILES string of the molecule is Cc1cc(C(=O)O)nc(OC(C)C(C)C)n1. The van der Waals surface area contributed by atoms with Crippen LogP contribution in [0.4, 0.5) is 0 Å². The third-order valence-electron chi connectivity index (χ3n) is 2.28. The van der Waals surface area contributed by atoms with Crippen LogP contribution in [0, 0.1) is 12.8 Å². The first-order chi connectivity index (χ1) is 7.40. The summed E-state index contributed by atoms with van der Waals surface area (Å²) < 4.78 is 5.46. The van der Waals surface area contributed by atoms with Crippen LogP contribution < -0.4 is 4.74 Å². The van der Waals surface area contributed by atoms with Gasteiger partial charge in [-0.05, 0) is 25.8 Å². The molecule has 1 heterocycles. The van der Waals surface area contributed by atoms with Gasteiger partial charge in [0.25, 0.3) is 0 Å². The molecule has 0 bridgehead atoms. The third kappa shape index (κ3) is 3.18. The molecule has 5 heteroatoms. The molecular formula is C11H16N2O3. The summed E-state index contributed by atoms with van der Waals surface area (Å²) in [6.07, 6.45) is -0.0524. The van der Waals surface area contributed by atoms with Crippen molar-refractivity contribution in [2.75, 3.05) is 0 Å². The molecular weight excluding hydrogens is 208 g/mol. The fourth-order valence-electron chi connectivity index (χ4n) is 1.01. The first kappa shape index (κ1) is 12.4. The maximum atomic E-state index is 10.8. The molecule has 0 aliphatic carbocycles. The molecule has 0 aromatic carbocycles. The summed E-state index contributed by atoms with van der Waals surface area (Å²) in [5.41, 5.74) is 0.539. The smallest absolute Gasteiger partial charge is 0.354 e. The van der Waals surface area contributed by atoms with E-state index in [1.165, 1.54) is 6.07 Å². The summed E-state index contributed by atoms with van der Waals surface area (Å²) in [6.45, 7) is 7.63. The zero-order valence-electron chi connectivity index (χ0n) is 9.89. The number of carboxylic acid groups (broad SMARTS) is 1. The van der Waals surface area contributed by atoms with Gasteiger partial charge in [0.15, 0.2) is 5.69 Å². The number of aryl methyl sites for hydroxylation is 1. The second kappa shape index (κ2) is 4.92. The number of hydrogen-bond donors (Lipinski definition) is 1. The molecule has 0 amide bonds. The van der Waals surface area contributed by atoms with Crippen molar-refractivity contribution < 1.29 is 14.6 Å². The predicted molar refractivity (Wildman–Crippen MR) is 58.7 cm³/mol. The molecule has 1 unspecified atom stereocenters. The Balaban J connectivity index is 2.92. The van der Waals surface area contributed by atoms with E-state index in [2.05, 4.69) is 9.97 Å². The number of nitrogens with zero attached hydrogens (tertiary/aromatic N) is 2. The highest BCUT2D eigenvalue weighted by Gasteiger charge is 2.13. The van der Waals surface area contributed by atoms with Crippen molar-refractivity contribution in [3.63, 3.8) is 0 Å². The summed E-state index contributed by atoms with van der Waals surface area (Å²) in [7, 11) is 0. The monoisotopic (exact) mass is 224 g/mol. The van der Waals surface area contributed by atoms with E-state index in [0.717, 1.165) is 0 Å². The molecule has 0 aliphatic heterocycles. The third-order valence-corrected chi connectivity index (χ3v) is 2.28. The van der Waals surface area contributed by atoms with Crippen molar-refractivity contribution >= 4 is 5.97 Å². The lowest BCUT2D eigenvalue weighted by atomic mass is 10.1. The molecule has 1 rings (SSSR count). The van der Waals surface area contributed by atoms with Crippen molar-refractivity contribution in [2.45, 2.75) is 33.8 Å². The van der Waals surface area contributed by atoms with Crippen LogP contribution in [0.2, 0.25) is 0 Å². The molecule has 1 N–H and O–H groups in total. The Morgan fingerprint density at radius 3 is 2.50 bits per heavy atom. The second-order valence-electron chi connectivity index (χ2n) is 4.05. The van der Waals surface area contributed by atoms with E-state index < -0.39 is 5.97 Å². The largest absolute Gasteiger partial charge is 0.477 e. The zero-order valence-corrected chi connectivity index (χ0v) is 9.89. The van der Waals surface area contributed by atoms with Gasteiger partial charge in [0.2, 0.25) is 0 Å². The van der Waals surface area contributed by atoms with E-state index >= 15 is 0 Å². The Kier molecular flexibility index (Phi) is 3.82. The van der Waals surface area contributed by atoms with Crippen LogP contribution in [0.5, 0.6) is 6.01 Å². The average Bonchev–Trinajstić information content (AvgIpc) is 2.16. The summed E-state index contributed by atoms with van der Waals surface area (Å²) in [6, 6.07) is 1.54. The Labute approximate surface area is 94.5 Å². The van der Waals surface area contributed by atoms with E-state index in [1.54, 1.807) is 6.92 Å². The Morgan fingerprint density at radius 2 is 2.00 bits per heavy atom. The highest BCUT2D eigenvalue weighted by molar-refractivity contribution is 5.85. The fourth-order valence-corrected chi connectivity index (χ4v) is 1.01. The molecule has 5 nitrogen and oxygen atoms in total. The molecule has 16 heavy (non-hydrogen) atoms. The van der Waals surface area contributed by atoms with Crippen molar-refractivity contribution in [3.8, 4) is 6.01 Å². The van der Waals surface area contributed by atoms with E-state index in [4.69, 9.17) is 9.84 Å². The van der Waals surface area contributed by atoms with Gasteiger partial charge in [-0.2, -0.15) is 4.98 Å². The van der Waals surface area contributed by atoms with Crippen molar-refractivity contribution in [3.05, 3.63) is 17.5 Å². The Hall–Kier alpha value is -1.65. The van der Waals surface area contributed by atoms with Crippen LogP contribution >= 0.6 is 0 Å². The summed E-state index contributed by atoms with van der Waals surface area (Å²) in [4.78, 5) is 18.6. The van der Waals surface area contributed by atoms with Crippen LogP contribution in [-0.4, -0.2) is 27.1 Å². The Bertz CT molecular complexity index is 391. The van der Waals surface area contributed by atoms with Crippen molar-refractivity contribution in [1.82, 2.24) is 9.97 Å². The van der Waals surface area contributed by atoms with Gasteiger partial charge in [-0.15, -0.1) is 0 Å². The highest BCUT2D eigenvalue weighted by atomic mass is 16.5. The average molecular weight is 224 g/mol. The molecule has 1 aromatic heterocycles. The number of ether oxygens (including phenoxy) is 1. The van der Waals surface area contributed by atoms with Crippen molar-refractivity contribution in [1.29, 1.82) is 0 Å². The quantitative estimate of drug-likeness (QED) is 0.845. The topological polar surface area (TPSA) is 72.3 Å². The zero-order chi connectivity index (χ0) is 12.3. The molecule has 1 aromatic rings. The first-order valence-corrected chi connectivity index (χ1v) is 5.15. The normalized spacial score (nSPS) is 12.6.